The Labute approximate surface area is 147 Å². The molecule has 136 valence electrons. The fraction of sp³-hybridized carbons (Fsp3) is 0.278. The van der Waals surface area contributed by atoms with Crippen LogP contribution in [0.2, 0.25) is 0 Å². The first kappa shape index (κ1) is 17.9. The van der Waals surface area contributed by atoms with Crippen molar-refractivity contribution in [2.45, 2.75) is 25.6 Å². The van der Waals surface area contributed by atoms with Crippen molar-refractivity contribution in [3.05, 3.63) is 64.5 Å². The molecule has 8 heteroatoms. The van der Waals surface area contributed by atoms with E-state index in [-0.39, 0.29) is 17.8 Å². The molecule has 5 nitrogen and oxygen atoms in total. The summed E-state index contributed by atoms with van der Waals surface area (Å²) in [4.78, 5) is 29.2. The maximum absolute atomic E-state index is 12.8. The minimum Gasteiger partial charge on any atom is -0.479 e. The number of pyridine rings is 1. The Morgan fingerprint density at radius 1 is 1.19 bits per heavy atom. The number of fused-ring (bicyclic) bond motifs is 1. The lowest BCUT2D eigenvalue weighted by atomic mass is 9.92. The van der Waals surface area contributed by atoms with Gasteiger partial charge in [-0.3, -0.25) is 4.79 Å². The van der Waals surface area contributed by atoms with E-state index in [0.29, 0.717) is 12.0 Å². The van der Waals surface area contributed by atoms with Crippen molar-refractivity contribution in [2.75, 3.05) is 6.54 Å². The largest absolute Gasteiger partial charge is 0.479 e. The van der Waals surface area contributed by atoms with Gasteiger partial charge >= 0.3 is 12.1 Å². The highest BCUT2D eigenvalue weighted by molar-refractivity contribution is 5.98. The van der Waals surface area contributed by atoms with Crippen LogP contribution < -0.4 is 0 Å². The molecular formula is C18H15F3N2O3. The van der Waals surface area contributed by atoms with Gasteiger partial charge in [0.15, 0.2) is 6.04 Å². The summed E-state index contributed by atoms with van der Waals surface area (Å²) in [7, 11) is 0. The normalized spacial score (nSPS) is 16.9. The lowest BCUT2D eigenvalue weighted by molar-refractivity contribution is -0.143. The van der Waals surface area contributed by atoms with Gasteiger partial charge in [-0.25, -0.2) is 9.78 Å². The van der Waals surface area contributed by atoms with E-state index < -0.39 is 29.8 Å². The van der Waals surface area contributed by atoms with E-state index in [0.717, 1.165) is 17.7 Å². The Hall–Kier alpha value is -2.90. The van der Waals surface area contributed by atoms with Crippen molar-refractivity contribution in [1.82, 2.24) is 9.88 Å². The minimum absolute atomic E-state index is 0.0383. The zero-order valence-corrected chi connectivity index (χ0v) is 13.7. The second kappa shape index (κ2) is 6.44. The summed E-state index contributed by atoms with van der Waals surface area (Å²) < 4.78 is 38.3. The summed E-state index contributed by atoms with van der Waals surface area (Å²) in [5, 5.41) is 9.61. The Balaban J connectivity index is 1.98. The molecule has 0 saturated carbocycles. The van der Waals surface area contributed by atoms with Gasteiger partial charge in [-0.2, -0.15) is 13.2 Å². The number of carbonyl (C=O) groups excluding carboxylic acids is 1. The van der Waals surface area contributed by atoms with Crippen LogP contribution in [0.1, 0.15) is 38.9 Å². The van der Waals surface area contributed by atoms with Crippen LogP contribution >= 0.6 is 0 Å². The molecule has 26 heavy (non-hydrogen) atoms. The molecule has 1 unspecified atom stereocenters. The number of amides is 1. The molecular weight excluding hydrogens is 349 g/mol. The Morgan fingerprint density at radius 3 is 2.50 bits per heavy atom. The molecule has 0 radical (unpaired) electrons. The first-order valence-corrected chi connectivity index (χ1v) is 7.86. The van der Waals surface area contributed by atoms with Crippen molar-refractivity contribution in [3.63, 3.8) is 0 Å². The minimum atomic E-state index is -4.61. The SMILES string of the molecule is Cc1nc(C(F)(F)F)ccc1C(=O)N1CCc2ccccc2C1C(=O)O. The molecule has 1 aliphatic heterocycles. The fourth-order valence-electron chi connectivity index (χ4n) is 3.15. The molecule has 1 aromatic carbocycles. The van der Waals surface area contributed by atoms with Gasteiger partial charge in [0.25, 0.3) is 5.91 Å². The van der Waals surface area contributed by atoms with Crippen molar-refractivity contribution in [3.8, 4) is 0 Å². The summed E-state index contributed by atoms with van der Waals surface area (Å²) in [5.74, 6) is -1.84. The average molecular weight is 364 g/mol. The number of carboxylic acid groups (broad SMARTS) is 1. The summed E-state index contributed by atoms with van der Waals surface area (Å²) in [6, 6.07) is 7.52. The molecule has 1 aliphatic rings. The van der Waals surface area contributed by atoms with Gasteiger partial charge in [0, 0.05) is 6.54 Å². The van der Waals surface area contributed by atoms with Crippen LogP contribution in [0, 0.1) is 6.92 Å². The van der Waals surface area contributed by atoms with Crippen LogP contribution in [-0.2, 0) is 17.4 Å². The number of carbonyl (C=O) groups is 2. The quantitative estimate of drug-likeness (QED) is 0.888. The average Bonchev–Trinajstić information content (AvgIpc) is 2.59. The van der Waals surface area contributed by atoms with Gasteiger partial charge in [-0.1, -0.05) is 24.3 Å². The number of hydrogen-bond donors (Lipinski definition) is 1. The molecule has 0 saturated heterocycles. The summed E-state index contributed by atoms with van der Waals surface area (Å²) in [6.07, 6.45) is -4.14. The number of aliphatic carboxylic acids is 1. The predicted octanol–water partition coefficient (Wildman–Crippen LogP) is 3.23. The second-order valence-electron chi connectivity index (χ2n) is 6.02. The maximum Gasteiger partial charge on any atom is 0.433 e. The third-order valence-corrected chi connectivity index (χ3v) is 4.38. The van der Waals surface area contributed by atoms with E-state index in [4.69, 9.17) is 0 Å². The lowest BCUT2D eigenvalue weighted by Gasteiger charge is -2.35. The number of benzene rings is 1. The van der Waals surface area contributed by atoms with Crippen LogP contribution in [0.5, 0.6) is 0 Å². The molecule has 3 rings (SSSR count). The van der Waals surface area contributed by atoms with Crippen LogP contribution in [0.3, 0.4) is 0 Å². The molecule has 1 aromatic heterocycles. The number of alkyl halides is 3. The van der Waals surface area contributed by atoms with E-state index in [1.807, 2.05) is 0 Å². The zero-order chi connectivity index (χ0) is 19.1. The highest BCUT2D eigenvalue weighted by atomic mass is 19.4. The number of halogens is 3. The predicted molar refractivity (Wildman–Crippen MR) is 85.5 cm³/mol. The third kappa shape index (κ3) is 3.14. The fourth-order valence-corrected chi connectivity index (χ4v) is 3.15. The van der Waals surface area contributed by atoms with Crippen molar-refractivity contribution < 1.29 is 27.9 Å². The van der Waals surface area contributed by atoms with E-state index in [1.165, 1.54) is 11.8 Å². The van der Waals surface area contributed by atoms with Crippen LogP contribution in [0.25, 0.3) is 0 Å². The topological polar surface area (TPSA) is 70.5 Å². The monoisotopic (exact) mass is 364 g/mol. The van der Waals surface area contributed by atoms with Gasteiger partial charge in [0.05, 0.1) is 11.3 Å². The van der Waals surface area contributed by atoms with Gasteiger partial charge in [-0.05, 0) is 36.6 Å². The smallest absolute Gasteiger partial charge is 0.433 e. The Bertz CT molecular complexity index is 880. The molecule has 2 aromatic rings. The lowest BCUT2D eigenvalue weighted by Crippen LogP contribution is -2.43. The first-order chi connectivity index (χ1) is 12.2. The van der Waals surface area contributed by atoms with Gasteiger partial charge in [-0.15, -0.1) is 0 Å². The molecule has 1 atom stereocenters. The molecule has 0 spiro atoms. The summed E-state index contributed by atoms with van der Waals surface area (Å²) in [5.41, 5.74) is 0.130. The third-order valence-electron chi connectivity index (χ3n) is 4.38. The maximum atomic E-state index is 12.8. The first-order valence-electron chi connectivity index (χ1n) is 7.86. The number of hydrogen-bond acceptors (Lipinski definition) is 3. The highest BCUT2D eigenvalue weighted by Crippen LogP contribution is 2.32. The van der Waals surface area contributed by atoms with E-state index in [9.17, 15) is 27.9 Å². The number of nitrogens with zero attached hydrogens (tertiary/aromatic N) is 2. The number of aromatic nitrogens is 1. The molecule has 1 N–H and O–H groups in total. The van der Waals surface area contributed by atoms with Gasteiger partial charge in [0.2, 0.25) is 0 Å². The summed E-state index contributed by atoms with van der Waals surface area (Å²) >= 11 is 0. The highest BCUT2D eigenvalue weighted by Gasteiger charge is 2.38. The molecule has 0 aliphatic carbocycles. The molecule has 0 bridgehead atoms. The van der Waals surface area contributed by atoms with E-state index in [2.05, 4.69) is 4.98 Å². The number of rotatable bonds is 2. The van der Waals surface area contributed by atoms with Crippen molar-refractivity contribution in [2.24, 2.45) is 0 Å². The van der Waals surface area contributed by atoms with Gasteiger partial charge in [0.1, 0.15) is 5.69 Å². The second-order valence-corrected chi connectivity index (χ2v) is 6.02. The molecule has 2 heterocycles. The molecule has 0 fully saturated rings. The number of carboxylic acids is 1. The van der Waals surface area contributed by atoms with Gasteiger partial charge < -0.3 is 10.0 Å². The van der Waals surface area contributed by atoms with Crippen molar-refractivity contribution in [1.29, 1.82) is 0 Å². The zero-order valence-electron chi connectivity index (χ0n) is 13.7. The van der Waals surface area contributed by atoms with E-state index >= 15 is 0 Å². The summed E-state index contributed by atoms with van der Waals surface area (Å²) in [6.45, 7) is 1.46. The van der Waals surface area contributed by atoms with Crippen LogP contribution in [0.4, 0.5) is 13.2 Å². The Kier molecular flexibility index (Phi) is 4.43. The Morgan fingerprint density at radius 2 is 1.88 bits per heavy atom. The standard InChI is InChI=1S/C18H15F3N2O3/c1-10-12(6-7-14(22-10)18(19,20)21)16(24)23-9-8-11-4-2-3-5-13(11)15(23)17(25)26/h2-7,15H,8-9H2,1H3,(H,25,26). The number of aryl methyl sites for hydroxylation is 1. The van der Waals surface area contributed by atoms with E-state index in [1.54, 1.807) is 24.3 Å². The molecule has 1 amide bonds. The van der Waals surface area contributed by atoms with Crippen LogP contribution in [-0.4, -0.2) is 33.4 Å². The van der Waals surface area contributed by atoms with Crippen molar-refractivity contribution >= 4 is 11.9 Å². The van der Waals surface area contributed by atoms with Crippen LogP contribution in [0.15, 0.2) is 36.4 Å².